The zero-order valence-corrected chi connectivity index (χ0v) is 20.0. The maximum atomic E-state index is 13.0. The van der Waals surface area contributed by atoms with Gasteiger partial charge in [-0.15, -0.1) is 0 Å². The SMILES string of the molecule is CCN(c1nccc(-n2cnc3ccccc32)n1)C1CCCN(C(=O)Nc2ccc(OC)cc2)C1. The normalized spacial score (nSPS) is 15.7. The fourth-order valence-electron chi connectivity index (χ4n) is 4.59. The Morgan fingerprint density at radius 1 is 1.14 bits per heavy atom. The van der Waals surface area contributed by atoms with Crippen LogP contribution in [0.2, 0.25) is 0 Å². The molecule has 9 heteroatoms. The molecule has 0 aliphatic carbocycles. The van der Waals surface area contributed by atoms with Crippen LogP contribution in [0.3, 0.4) is 0 Å². The van der Waals surface area contributed by atoms with Crippen molar-refractivity contribution < 1.29 is 9.53 Å². The van der Waals surface area contributed by atoms with Gasteiger partial charge in [0.15, 0.2) is 0 Å². The Balaban J connectivity index is 1.32. The van der Waals surface area contributed by atoms with Crippen LogP contribution >= 0.6 is 0 Å². The fraction of sp³-hybridized carbons (Fsp3) is 0.308. The van der Waals surface area contributed by atoms with E-state index in [0.717, 1.165) is 54.2 Å². The molecule has 3 heterocycles. The number of rotatable bonds is 6. The van der Waals surface area contributed by atoms with E-state index in [-0.39, 0.29) is 12.1 Å². The average Bonchev–Trinajstić information content (AvgIpc) is 3.34. The van der Waals surface area contributed by atoms with Gasteiger partial charge in [0.1, 0.15) is 17.9 Å². The van der Waals surface area contributed by atoms with Crippen molar-refractivity contribution in [2.75, 3.05) is 37.0 Å². The van der Waals surface area contributed by atoms with Gasteiger partial charge in [-0.3, -0.25) is 4.57 Å². The van der Waals surface area contributed by atoms with Gasteiger partial charge in [0.25, 0.3) is 0 Å². The molecule has 9 nitrogen and oxygen atoms in total. The topological polar surface area (TPSA) is 88.4 Å². The van der Waals surface area contributed by atoms with E-state index >= 15 is 0 Å². The molecular formula is C26H29N7O2. The number of methoxy groups -OCH3 is 1. The number of nitrogens with one attached hydrogen (secondary N) is 1. The van der Waals surface area contributed by atoms with Crippen LogP contribution in [0.4, 0.5) is 16.4 Å². The van der Waals surface area contributed by atoms with Crippen molar-refractivity contribution in [2.45, 2.75) is 25.8 Å². The summed E-state index contributed by atoms with van der Waals surface area (Å²) in [5, 5.41) is 3.00. The lowest BCUT2D eigenvalue weighted by Crippen LogP contribution is -2.51. The first-order valence-electron chi connectivity index (χ1n) is 11.9. The van der Waals surface area contributed by atoms with Crippen LogP contribution in [0.25, 0.3) is 16.9 Å². The molecule has 2 amide bonds. The number of piperidine rings is 1. The van der Waals surface area contributed by atoms with Gasteiger partial charge in [-0.25, -0.2) is 14.8 Å². The number of amides is 2. The first-order valence-corrected chi connectivity index (χ1v) is 11.9. The summed E-state index contributed by atoms with van der Waals surface area (Å²) in [6.45, 7) is 4.17. The Hall–Kier alpha value is -4.14. The Bertz CT molecular complexity index is 1300. The molecule has 1 aliphatic rings. The largest absolute Gasteiger partial charge is 0.497 e. The standard InChI is InChI=1S/C26H29N7O2/c1-3-32(25-27-15-14-24(30-25)33-18-28-22-8-4-5-9-23(22)33)20-7-6-16-31(17-20)26(34)29-19-10-12-21(35-2)13-11-19/h4-5,8-15,18,20H,3,6-7,16-17H2,1-2H3,(H,29,34). The summed E-state index contributed by atoms with van der Waals surface area (Å²) < 4.78 is 7.17. The predicted molar refractivity (Wildman–Crippen MR) is 136 cm³/mol. The zero-order chi connectivity index (χ0) is 24.2. The average molecular weight is 472 g/mol. The quantitative estimate of drug-likeness (QED) is 0.450. The highest BCUT2D eigenvalue weighted by molar-refractivity contribution is 5.89. The number of nitrogens with zero attached hydrogens (tertiary/aromatic N) is 6. The number of urea groups is 1. The van der Waals surface area contributed by atoms with E-state index in [1.807, 2.05) is 64.1 Å². The molecule has 1 aliphatic heterocycles. The maximum absolute atomic E-state index is 13.0. The van der Waals surface area contributed by atoms with Crippen molar-refractivity contribution in [3.63, 3.8) is 0 Å². The zero-order valence-electron chi connectivity index (χ0n) is 20.0. The van der Waals surface area contributed by atoms with Crippen molar-refractivity contribution >= 4 is 28.7 Å². The van der Waals surface area contributed by atoms with E-state index in [1.54, 1.807) is 19.6 Å². The molecule has 5 rings (SSSR count). The van der Waals surface area contributed by atoms with Crippen molar-refractivity contribution in [1.82, 2.24) is 24.4 Å². The molecule has 0 spiro atoms. The molecule has 180 valence electrons. The van der Waals surface area contributed by atoms with Gasteiger partial charge in [0.2, 0.25) is 5.95 Å². The lowest BCUT2D eigenvalue weighted by molar-refractivity contribution is 0.191. The number of para-hydroxylation sites is 2. The van der Waals surface area contributed by atoms with Gasteiger partial charge in [0.05, 0.1) is 18.1 Å². The maximum Gasteiger partial charge on any atom is 0.321 e. The predicted octanol–water partition coefficient (Wildman–Crippen LogP) is 4.35. The van der Waals surface area contributed by atoms with E-state index in [1.165, 1.54) is 0 Å². The number of carbonyl (C=O) groups excluding carboxylic acids is 1. The molecule has 0 radical (unpaired) electrons. The highest BCUT2D eigenvalue weighted by Gasteiger charge is 2.29. The van der Waals surface area contributed by atoms with Gasteiger partial charge in [-0.05, 0) is 62.2 Å². The third-order valence-corrected chi connectivity index (χ3v) is 6.39. The Morgan fingerprint density at radius 2 is 1.97 bits per heavy atom. The molecule has 0 saturated carbocycles. The number of likely N-dealkylation sites (tertiary alicyclic amines) is 1. The molecular weight excluding hydrogens is 442 g/mol. The summed E-state index contributed by atoms with van der Waals surface area (Å²) in [4.78, 5) is 31.0. The van der Waals surface area contributed by atoms with Gasteiger partial charge in [-0.2, -0.15) is 4.98 Å². The molecule has 1 saturated heterocycles. The molecule has 1 atom stereocenters. The number of ether oxygens (including phenoxy) is 1. The van der Waals surface area contributed by atoms with Gasteiger partial charge < -0.3 is 19.9 Å². The summed E-state index contributed by atoms with van der Waals surface area (Å²) in [6, 6.07) is 17.3. The van der Waals surface area contributed by atoms with Crippen LogP contribution in [0, 0.1) is 0 Å². The number of benzene rings is 2. The molecule has 2 aromatic carbocycles. The third kappa shape index (κ3) is 4.75. The summed E-state index contributed by atoms with van der Waals surface area (Å²) in [5.74, 6) is 2.18. The van der Waals surface area contributed by atoms with Crippen LogP contribution in [0.5, 0.6) is 5.75 Å². The summed E-state index contributed by atoms with van der Waals surface area (Å²) >= 11 is 0. The molecule has 1 N–H and O–H groups in total. The number of anilines is 2. The van der Waals surface area contributed by atoms with E-state index in [9.17, 15) is 4.79 Å². The number of aromatic nitrogens is 4. The minimum atomic E-state index is -0.101. The monoisotopic (exact) mass is 471 g/mol. The van der Waals surface area contributed by atoms with Crippen LogP contribution in [-0.4, -0.2) is 63.2 Å². The van der Waals surface area contributed by atoms with E-state index < -0.39 is 0 Å². The lowest BCUT2D eigenvalue weighted by atomic mass is 10.0. The van der Waals surface area contributed by atoms with Crippen molar-refractivity contribution in [2.24, 2.45) is 0 Å². The van der Waals surface area contributed by atoms with Crippen molar-refractivity contribution in [1.29, 1.82) is 0 Å². The Labute approximate surface area is 204 Å². The van der Waals surface area contributed by atoms with Crippen LogP contribution in [-0.2, 0) is 0 Å². The molecule has 2 aromatic heterocycles. The number of hydrogen-bond donors (Lipinski definition) is 1. The fourth-order valence-corrected chi connectivity index (χ4v) is 4.59. The number of likely N-dealkylation sites (N-methyl/N-ethyl adjacent to an activating group) is 1. The highest BCUT2D eigenvalue weighted by Crippen LogP contribution is 2.23. The number of fused-ring (bicyclic) bond motifs is 1. The molecule has 1 unspecified atom stereocenters. The molecule has 4 aromatic rings. The van der Waals surface area contributed by atoms with Gasteiger partial charge in [0, 0.05) is 37.6 Å². The van der Waals surface area contributed by atoms with Crippen molar-refractivity contribution in [3.05, 3.63) is 67.1 Å². The summed E-state index contributed by atoms with van der Waals surface area (Å²) in [7, 11) is 1.62. The second kappa shape index (κ2) is 10.0. The Kier molecular flexibility index (Phi) is 6.47. The van der Waals surface area contributed by atoms with E-state index in [2.05, 4.69) is 27.1 Å². The van der Waals surface area contributed by atoms with E-state index in [4.69, 9.17) is 9.72 Å². The Morgan fingerprint density at radius 3 is 2.77 bits per heavy atom. The van der Waals surface area contributed by atoms with E-state index in [0.29, 0.717) is 12.5 Å². The lowest BCUT2D eigenvalue weighted by Gasteiger charge is -2.39. The molecule has 1 fully saturated rings. The molecule has 35 heavy (non-hydrogen) atoms. The minimum Gasteiger partial charge on any atom is -0.497 e. The number of carbonyl (C=O) groups is 1. The summed E-state index contributed by atoms with van der Waals surface area (Å²) in [5.41, 5.74) is 2.67. The number of imidazole rings is 1. The second-order valence-electron chi connectivity index (χ2n) is 8.50. The first kappa shape index (κ1) is 22.6. The highest BCUT2D eigenvalue weighted by atomic mass is 16.5. The number of hydrogen-bond acceptors (Lipinski definition) is 6. The second-order valence-corrected chi connectivity index (χ2v) is 8.50. The first-order chi connectivity index (χ1) is 17.2. The van der Waals surface area contributed by atoms with Crippen LogP contribution in [0.15, 0.2) is 67.1 Å². The van der Waals surface area contributed by atoms with Gasteiger partial charge in [-0.1, -0.05) is 12.1 Å². The summed E-state index contributed by atoms with van der Waals surface area (Å²) in [6.07, 6.45) is 5.47. The van der Waals surface area contributed by atoms with Crippen molar-refractivity contribution in [3.8, 4) is 11.6 Å². The third-order valence-electron chi connectivity index (χ3n) is 6.39. The van der Waals surface area contributed by atoms with Gasteiger partial charge >= 0.3 is 6.03 Å². The molecule has 0 bridgehead atoms. The smallest absolute Gasteiger partial charge is 0.321 e. The minimum absolute atomic E-state index is 0.101. The van der Waals surface area contributed by atoms with Crippen LogP contribution < -0.4 is 15.0 Å². The van der Waals surface area contributed by atoms with Crippen LogP contribution in [0.1, 0.15) is 19.8 Å².